The van der Waals surface area contributed by atoms with Crippen LogP contribution >= 0.6 is 0 Å². The molecule has 0 saturated heterocycles. The van der Waals surface area contributed by atoms with Crippen molar-refractivity contribution in [3.05, 3.63) is 82.0 Å². The highest BCUT2D eigenvalue weighted by Gasteiger charge is 2.11. The molecule has 0 unspecified atom stereocenters. The fraction of sp³-hybridized carbons (Fsp3) is 0.176. The Balaban J connectivity index is 2.01. The molecule has 4 heteroatoms. The van der Waals surface area contributed by atoms with Crippen LogP contribution in [0.25, 0.3) is 5.69 Å². The minimum absolute atomic E-state index is 0.111. The van der Waals surface area contributed by atoms with Crippen LogP contribution in [0.5, 0.6) is 0 Å². The lowest BCUT2D eigenvalue weighted by Gasteiger charge is -2.03. The van der Waals surface area contributed by atoms with Gasteiger partial charge in [-0.25, -0.2) is 14.0 Å². The van der Waals surface area contributed by atoms with Crippen LogP contribution in [0.4, 0.5) is 0 Å². The summed E-state index contributed by atoms with van der Waals surface area (Å²) >= 11 is 0. The average Bonchev–Trinajstić information content (AvgIpc) is 2.76. The summed E-state index contributed by atoms with van der Waals surface area (Å²) in [5.74, 6) is 0.694. The van der Waals surface area contributed by atoms with Gasteiger partial charge in [0.2, 0.25) is 0 Å². The standard InChI is InChI=1S/C17H17N3O/c1-13-8-10-16(11-9-13)20-14(2)18-19(17(20)21)12-15-6-4-3-5-7-15/h3-11H,12H2,1-2H3. The highest BCUT2D eigenvalue weighted by Crippen LogP contribution is 2.09. The van der Waals surface area contributed by atoms with E-state index in [1.807, 2.05) is 68.4 Å². The van der Waals surface area contributed by atoms with E-state index in [9.17, 15) is 4.79 Å². The highest BCUT2D eigenvalue weighted by molar-refractivity contribution is 5.35. The van der Waals surface area contributed by atoms with E-state index in [0.29, 0.717) is 12.4 Å². The number of aromatic nitrogens is 3. The molecule has 0 spiro atoms. The zero-order chi connectivity index (χ0) is 14.8. The quantitative estimate of drug-likeness (QED) is 0.739. The topological polar surface area (TPSA) is 39.8 Å². The Morgan fingerprint density at radius 1 is 0.952 bits per heavy atom. The van der Waals surface area contributed by atoms with Crippen molar-refractivity contribution in [3.63, 3.8) is 0 Å². The fourth-order valence-electron chi connectivity index (χ4n) is 2.37. The van der Waals surface area contributed by atoms with Crippen LogP contribution < -0.4 is 5.69 Å². The first kappa shape index (κ1) is 13.4. The molecule has 0 saturated carbocycles. The lowest BCUT2D eigenvalue weighted by atomic mass is 10.2. The molecule has 0 aliphatic carbocycles. The predicted octanol–water partition coefficient (Wildman–Crippen LogP) is 2.70. The van der Waals surface area contributed by atoms with Gasteiger partial charge in [-0.1, -0.05) is 48.0 Å². The van der Waals surface area contributed by atoms with Crippen molar-refractivity contribution in [1.29, 1.82) is 0 Å². The van der Waals surface area contributed by atoms with Crippen LogP contribution in [-0.4, -0.2) is 14.3 Å². The third-order valence-electron chi connectivity index (χ3n) is 3.47. The largest absolute Gasteiger partial charge is 0.350 e. The van der Waals surface area contributed by atoms with Crippen LogP contribution in [0.1, 0.15) is 17.0 Å². The second-order valence-electron chi connectivity index (χ2n) is 5.14. The summed E-state index contributed by atoms with van der Waals surface area (Å²) in [5, 5.41) is 4.37. The zero-order valence-corrected chi connectivity index (χ0v) is 12.2. The van der Waals surface area contributed by atoms with Gasteiger partial charge in [-0.15, -0.1) is 0 Å². The maximum atomic E-state index is 12.5. The van der Waals surface area contributed by atoms with Crippen molar-refractivity contribution in [2.75, 3.05) is 0 Å². The summed E-state index contributed by atoms with van der Waals surface area (Å²) in [6.07, 6.45) is 0. The van der Waals surface area contributed by atoms with E-state index < -0.39 is 0 Å². The van der Waals surface area contributed by atoms with Gasteiger partial charge in [0.1, 0.15) is 5.82 Å². The van der Waals surface area contributed by atoms with Gasteiger partial charge < -0.3 is 0 Å². The molecule has 0 N–H and O–H groups in total. The lowest BCUT2D eigenvalue weighted by Crippen LogP contribution is -2.24. The summed E-state index contributed by atoms with van der Waals surface area (Å²) in [7, 11) is 0. The number of rotatable bonds is 3. The highest BCUT2D eigenvalue weighted by atomic mass is 16.2. The van der Waals surface area contributed by atoms with Crippen molar-refractivity contribution in [2.45, 2.75) is 20.4 Å². The summed E-state index contributed by atoms with van der Waals surface area (Å²) < 4.78 is 3.15. The Kier molecular flexibility index (Phi) is 3.44. The number of nitrogens with zero attached hydrogens (tertiary/aromatic N) is 3. The Hall–Kier alpha value is -2.62. The Bertz CT molecular complexity index is 798. The van der Waals surface area contributed by atoms with E-state index in [0.717, 1.165) is 11.3 Å². The Labute approximate surface area is 123 Å². The van der Waals surface area contributed by atoms with Crippen molar-refractivity contribution >= 4 is 0 Å². The van der Waals surface area contributed by atoms with Gasteiger partial charge in [-0.3, -0.25) is 0 Å². The van der Waals surface area contributed by atoms with Gasteiger partial charge in [0.25, 0.3) is 0 Å². The lowest BCUT2D eigenvalue weighted by molar-refractivity contribution is 0.651. The van der Waals surface area contributed by atoms with Crippen LogP contribution in [0.2, 0.25) is 0 Å². The minimum Gasteiger partial charge on any atom is -0.247 e. The maximum Gasteiger partial charge on any atom is 0.350 e. The van der Waals surface area contributed by atoms with Crippen molar-refractivity contribution in [2.24, 2.45) is 0 Å². The van der Waals surface area contributed by atoms with Crippen LogP contribution in [0, 0.1) is 13.8 Å². The van der Waals surface area contributed by atoms with Crippen molar-refractivity contribution < 1.29 is 0 Å². The van der Waals surface area contributed by atoms with Gasteiger partial charge in [0.05, 0.1) is 12.2 Å². The Morgan fingerprint density at radius 3 is 2.29 bits per heavy atom. The third kappa shape index (κ3) is 2.65. The molecule has 0 fully saturated rings. The van der Waals surface area contributed by atoms with Gasteiger partial charge in [0.15, 0.2) is 0 Å². The summed E-state index contributed by atoms with van der Waals surface area (Å²) in [6.45, 7) is 4.36. The molecular weight excluding hydrogens is 262 g/mol. The molecule has 0 radical (unpaired) electrons. The van der Waals surface area contributed by atoms with Crippen molar-refractivity contribution in [3.8, 4) is 5.69 Å². The SMILES string of the molecule is Cc1ccc(-n2c(C)nn(Cc3ccccc3)c2=O)cc1. The minimum atomic E-state index is -0.111. The molecule has 0 atom stereocenters. The smallest absolute Gasteiger partial charge is 0.247 e. The number of hydrogen-bond acceptors (Lipinski definition) is 2. The van der Waals surface area contributed by atoms with Gasteiger partial charge in [-0.05, 0) is 31.5 Å². The van der Waals surface area contributed by atoms with Gasteiger partial charge in [0, 0.05) is 0 Å². The number of hydrogen-bond donors (Lipinski definition) is 0. The first-order valence-corrected chi connectivity index (χ1v) is 6.92. The van der Waals surface area contributed by atoms with E-state index >= 15 is 0 Å². The van der Waals surface area contributed by atoms with Gasteiger partial charge >= 0.3 is 5.69 Å². The van der Waals surface area contributed by atoms with E-state index in [2.05, 4.69) is 5.10 Å². The molecule has 1 aromatic heterocycles. The second kappa shape index (κ2) is 5.40. The van der Waals surface area contributed by atoms with E-state index in [4.69, 9.17) is 0 Å². The fourth-order valence-corrected chi connectivity index (χ4v) is 2.37. The number of benzene rings is 2. The molecule has 1 heterocycles. The Morgan fingerprint density at radius 2 is 1.62 bits per heavy atom. The van der Waals surface area contributed by atoms with Crippen LogP contribution in [0.15, 0.2) is 59.4 Å². The first-order valence-electron chi connectivity index (χ1n) is 6.92. The van der Waals surface area contributed by atoms with Gasteiger partial charge in [-0.2, -0.15) is 5.10 Å². The molecule has 106 valence electrons. The molecule has 0 aliphatic rings. The normalized spacial score (nSPS) is 10.8. The molecule has 21 heavy (non-hydrogen) atoms. The summed E-state index contributed by atoms with van der Waals surface area (Å²) in [6, 6.07) is 17.7. The van der Waals surface area contributed by atoms with Crippen molar-refractivity contribution in [1.82, 2.24) is 14.3 Å². The molecule has 3 aromatic rings. The molecule has 2 aromatic carbocycles. The second-order valence-corrected chi connectivity index (χ2v) is 5.14. The first-order chi connectivity index (χ1) is 10.1. The zero-order valence-electron chi connectivity index (χ0n) is 12.2. The predicted molar refractivity (Wildman–Crippen MR) is 82.8 cm³/mol. The molecule has 0 bridgehead atoms. The van der Waals surface area contributed by atoms with E-state index in [1.54, 1.807) is 4.57 Å². The molecule has 3 rings (SSSR count). The third-order valence-corrected chi connectivity index (χ3v) is 3.47. The molecular formula is C17H17N3O. The van der Waals surface area contributed by atoms with Crippen LogP contribution in [0.3, 0.4) is 0 Å². The van der Waals surface area contributed by atoms with E-state index in [-0.39, 0.29) is 5.69 Å². The van der Waals surface area contributed by atoms with Crippen LogP contribution in [-0.2, 0) is 6.54 Å². The molecule has 0 aliphatic heterocycles. The summed E-state index contributed by atoms with van der Waals surface area (Å²) in [4.78, 5) is 12.5. The summed E-state index contributed by atoms with van der Waals surface area (Å²) in [5.41, 5.74) is 2.97. The van der Waals surface area contributed by atoms with E-state index in [1.165, 1.54) is 10.2 Å². The number of aryl methyl sites for hydroxylation is 2. The monoisotopic (exact) mass is 279 g/mol. The molecule has 4 nitrogen and oxygen atoms in total. The average molecular weight is 279 g/mol. The maximum absolute atomic E-state index is 12.5. The molecule has 0 amide bonds.